The molecule has 4 aromatic carbocycles. The molecule has 0 bridgehead atoms. The van der Waals surface area contributed by atoms with Gasteiger partial charge in [-0.1, -0.05) is 63.0 Å². The quantitative estimate of drug-likeness (QED) is 0.0907. The Kier molecular flexibility index (Phi) is 17.4. The maximum absolute atomic E-state index is 12.0. The van der Waals surface area contributed by atoms with Crippen LogP contribution in [0.25, 0.3) is 0 Å². The number of nitrogens with two attached hydrogens (primary N) is 1. The van der Waals surface area contributed by atoms with Crippen molar-refractivity contribution in [3.63, 3.8) is 0 Å². The Labute approximate surface area is 245 Å². The van der Waals surface area contributed by atoms with Crippen molar-refractivity contribution in [2.45, 2.75) is 20.3 Å². The summed E-state index contributed by atoms with van der Waals surface area (Å²) in [4.78, 5) is 32.8. The lowest BCUT2D eigenvalue weighted by molar-refractivity contribution is -0.137. The van der Waals surface area contributed by atoms with Crippen LogP contribution in [0.3, 0.4) is 0 Å². The van der Waals surface area contributed by atoms with Crippen molar-refractivity contribution in [3.05, 3.63) is 139 Å². The van der Waals surface area contributed by atoms with E-state index in [0.717, 1.165) is 5.56 Å². The van der Waals surface area contributed by atoms with E-state index in [1.54, 1.807) is 72.8 Å². The van der Waals surface area contributed by atoms with Crippen LogP contribution in [0, 0.1) is 0 Å². The van der Waals surface area contributed by atoms with Gasteiger partial charge >= 0.3 is 11.9 Å². The number of phenolic OH excluding ortho intramolecular Hbond substituents is 2. The average Bonchev–Trinajstić information content (AvgIpc) is 2.93. The van der Waals surface area contributed by atoms with Gasteiger partial charge in [-0.3, -0.25) is 14.4 Å². The fraction of sp³-hybridized carbons (Fsp3) is 0.0909. The van der Waals surface area contributed by atoms with E-state index in [9.17, 15) is 14.4 Å². The highest BCUT2D eigenvalue weighted by Crippen LogP contribution is 2.15. The zero-order chi connectivity index (χ0) is 30.6. The molecular formula is C33H36N2O7. The first-order chi connectivity index (χ1) is 19.5. The van der Waals surface area contributed by atoms with Gasteiger partial charge in [0.05, 0.1) is 12.8 Å². The Bertz CT molecular complexity index is 1390. The van der Waals surface area contributed by atoms with E-state index in [-0.39, 0.29) is 37.7 Å². The highest BCUT2D eigenvalue weighted by Gasteiger charge is 2.08. The Hall–Kier alpha value is -5.79. The number of phenols is 2. The van der Waals surface area contributed by atoms with Crippen LogP contribution < -0.4 is 11.1 Å². The number of hydrogen-bond donors (Lipinski definition) is 6. The molecule has 0 heterocycles. The third-order valence-electron chi connectivity index (χ3n) is 4.76. The van der Waals surface area contributed by atoms with Crippen LogP contribution in [0.5, 0.6) is 11.5 Å². The number of hydrogen-bond acceptors (Lipinski definition) is 6. The van der Waals surface area contributed by atoms with Gasteiger partial charge in [0, 0.05) is 16.9 Å². The van der Waals surface area contributed by atoms with Crippen LogP contribution in [0.15, 0.2) is 122 Å². The fourth-order valence-corrected chi connectivity index (χ4v) is 2.99. The van der Waals surface area contributed by atoms with Gasteiger partial charge in [0.1, 0.15) is 11.5 Å². The van der Waals surface area contributed by atoms with Crippen LogP contribution in [0.1, 0.15) is 28.9 Å². The number of carbonyl (C=O) groups excluding carboxylic acids is 1. The number of carbonyl (C=O) groups is 3. The van der Waals surface area contributed by atoms with Crippen molar-refractivity contribution < 1.29 is 34.8 Å². The number of benzene rings is 4. The molecule has 0 aliphatic heterocycles. The summed E-state index contributed by atoms with van der Waals surface area (Å²) in [5.74, 6) is -1.69. The number of rotatable bonds is 6. The molecule has 0 radical (unpaired) electrons. The lowest BCUT2D eigenvalue weighted by Gasteiger charge is -2.06. The zero-order valence-corrected chi connectivity index (χ0v) is 22.2. The number of aromatic hydroxyl groups is 2. The maximum Gasteiger partial charge on any atom is 0.307 e. The summed E-state index contributed by atoms with van der Waals surface area (Å²) in [6.07, 6.45) is -0.0127. The molecule has 0 atom stereocenters. The van der Waals surface area contributed by atoms with Crippen molar-refractivity contribution in [2.24, 2.45) is 0 Å². The minimum Gasteiger partial charge on any atom is -0.508 e. The van der Waals surface area contributed by atoms with Crippen LogP contribution in [-0.4, -0.2) is 38.3 Å². The second-order valence-corrected chi connectivity index (χ2v) is 8.17. The van der Waals surface area contributed by atoms with Crippen LogP contribution in [-0.2, 0) is 22.4 Å². The molecule has 220 valence electrons. The van der Waals surface area contributed by atoms with E-state index in [1.807, 2.05) is 18.2 Å². The highest BCUT2D eigenvalue weighted by atomic mass is 16.4. The van der Waals surface area contributed by atoms with Crippen molar-refractivity contribution >= 4 is 29.2 Å². The summed E-state index contributed by atoms with van der Waals surface area (Å²) in [5, 5.41) is 37.6. The number of anilines is 2. The molecule has 0 aromatic heterocycles. The smallest absolute Gasteiger partial charge is 0.307 e. The van der Waals surface area contributed by atoms with Crippen molar-refractivity contribution in [2.75, 3.05) is 11.1 Å². The lowest BCUT2D eigenvalue weighted by atomic mass is 10.1. The predicted octanol–water partition coefficient (Wildman–Crippen LogP) is 6.15. The summed E-state index contributed by atoms with van der Waals surface area (Å²) in [5.41, 5.74) is 10.6. The second-order valence-electron chi connectivity index (χ2n) is 8.17. The number of carboxylic acids is 2. The van der Waals surface area contributed by atoms with Gasteiger partial charge in [-0.05, 0) is 71.8 Å². The van der Waals surface area contributed by atoms with Gasteiger partial charge in [0.15, 0.2) is 0 Å². The molecule has 1 amide bonds. The maximum atomic E-state index is 12.0. The Morgan fingerprint density at radius 1 is 0.690 bits per heavy atom. The van der Waals surface area contributed by atoms with Crippen molar-refractivity contribution in [1.29, 1.82) is 0 Å². The third-order valence-corrected chi connectivity index (χ3v) is 4.76. The van der Waals surface area contributed by atoms with Gasteiger partial charge in [0.25, 0.3) is 5.91 Å². The first-order valence-electron chi connectivity index (χ1n) is 12.0. The van der Waals surface area contributed by atoms with E-state index in [0.29, 0.717) is 22.5 Å². The van der Waals surface area contributed by atoms with Gasteiger partial charge in [0.2, 0.25) is 0 Å². The van der Waals surface area contributed by atoms with E-state index in [1.165, 1.54) is 12.1 Å². The van der Waals surface area contributed by atoms with E-state index in [4.69, 9.17) is 26.2 Å². The molecule has 7 N–H and O–H groups in total. The highest BCUT2D eigenvalue weighted by molar-refractivity contribution is 6.04. The number of nitrogen functional groups attached to an aromatic ring is 1. The molecule has 0 aliphatic rings. The second kappa shape index (κ2) is 20.2. The molecule has 0 fully saturated rings. The monoisotopic (exact) mass is 572 g/mol. The van der Waals surface area contributed by atoms with Gasteiger partial charge in [-0.25, -0.2) is 0 Å². The minimum absolute atomic E-state index is 0. The number of carboxylic acid groups (broad SMARTS) is 2. The third kappa shape index (κ3) is 16.2. The van der Waals surface area contributed by atoms with Gasteiger partial charge in [-0.15, -0.1) is 5.73 Å². The summed E-state index contributed by atoms with van der Waals surface area (Å²) in [7, 11) is 0. The summed E-state index contributed by atoms with van der Waals surface area (Å²) in [6, 6.07) is 28.1. The zero-order valence-electron chi connectivity index (χ0n) is 22.2. The summed E-state index contributed by atoms with van der Waals surface area (Å²) < 4.78 is 0. The van der Waals surface area contributed by atoms with Crippen LogP contribution >= 0.6 is 0 Å². The van der Waals surface area contributed by atoms with Crippen molar-refractivity contribution in [1.82, 2.24) is 0 Å². The standard InChI is InChI=1S/C15H13NO4.C8H8O2.C6H7NO.C3H4.CH4/c17-13-6-4-12(5-7-13)16-15(20)11-3-1-2-10(8-11)9-14(18)19;9-8(10)6-7-4-2-1-3-5-7;7-5-1-3-6(8)4-2-5;1-3-2;/h1-8,17H,9H2,(H,16,20)(H,18,19);1-5H,6H2,(H,9,10);1-4,8H,7H2;1-2H2;1H4. The molecule has 0 saturated heterocycles. The Morgan fingerprint density at radius 2 is 1.14 bits per heavy atom. The molecule has 0 aliphatic carbocycles. The molecule has 0 spiro atoms. The molecule has 9 heteroatoms. The molecular weight excluding hydrogens is 536 g/mol. The SMILES string of the molecule is C.C=C=C.Nc1ccc(O)cc1.O=C(O)Cc1cccc(C(=O)Nc2ccc(O)cc2)c1.O=C(O)Cc1ccccc1. The van der Waals surface area contributed by atoms with Crippen molar-refractivity contribution in [3.8, 4) is 11.5 Å². The minimum atomic E-state index is -0.943. The molecule has 0 saturated carbocycles. The van der Waals surface area contributed by atoms with E-state index < -0.39 is 11.9 Å². The summed E-state index contributed by atoms with van der Waals surface area (Å²) >= 11 is 0. The number of aliphatic carboxylic acids is 2. The molecule has 0 unspecified atom stereocenters. The Morgan fingerprint density at radius 3 is 1.62 bits per heavy atom. The summed E-state index contributed by atoms with van der Waals surface area (Å²) in [6.45, 7) is 6.25. The van der Waals surface area contributed by atoms with Gasteiger partial charge in [-0.2, -0.15) is 0 Å². The average molecular weight is 573 g/mol. The topological polar surface area (TPSA) is 170 Å². The largest absolute Gasteiger partial charge is 0.508 e. The fourth-order valence-electron chi connectivity index (χ4n) is 2.99. The van der Waals surface area contributed by atoms with Crippen LogP contribution in [0.4, 0.5) is 11.4 Å². The first kappa shape index (κ1) is 36.2. The normalized spacial score (nSPS) is 8.86. The lowest BCUT2D eigenvalue weighted by Crippen LogP contribution is -2.12. The number of amides is 1. The van der Waals surface area contributed by atoms with E-state index >= 15 is 0 Å². The molecule has 4 aromatic rings. The molecule has 4 rings (SSSR count). The molecule has 9 nitrogen and oxygen atoms in total. The Balaban J connectivity index is 0.000000637. The number of nitrogens with one attached hydrogen (secondary N) is 1. The van der Waals surface area contributed by atoms with Gasteiger partial charge < -0.3 is 31.5 Å². The molecule has 42 heavy (non-hydrogen) atoms. The van der Waals surface area contributed by atoms with Crippen LogP contribution in [0.2, 0.25) is 0 Å². The predicted molar refractivity (Wildman–Crippen MR) is 166 cm³/mol. The first-order valence-corrected chi connectivity index (χ1v) is 12.0. The van der Waals surface area contributed by atoms with E-state index in [2.05, 4.69) is 24.2 Å².